The smallest absolute Gasteiger partial charge is 0.282 e. The van der Waals surface area contributed by atoms with E-state index in [1.807, 2.05) is 78.2 Å². The Balaban J connectivity index is 1.28. The molecule has 34 heavy (non-hydrogen) atoms. The molecule has 2 aromatic carbocycles. The highest BCUT2D eigenvalue weighted by atomic mass is 32.2. The fourth-order valence-electron chi connectivity index (χ4n) is 3.23. The standard InChI is InChI=1S/C24H20N6O2S2/c1-16-9-11-17(12-10-16)14-25-22(31)23-28-26-20(34-23)15-33-24-29-27-21(19-8-5-13-32-19)30(24)18-6-3-2-4-7-18/h2-13H,14-15H2,1H3,(H,25,31). The van der Waals surface area contributed by atoms with Crippen LogP contribution in [0.15, 0.2) is 82.6 Å². The minimum atomic E-state index is -0.234. The van der Waals surface area contributed by atoms with E-state index >= 15 is 0 Å². The van der Waals surface area contributed by atoms with Crippen LogP contribution in [0.25, 0.3) is 17.3 Å². The summed E-state index contributed by atoms with van der Waals surface area (Å²) in [5.74, 6) is 1.52. The number of amides is 1. The number of rotatable bonds is 8. The number of aromatic nitrogens is 5. The summed E-state index contributed by atoms with van der Waals surface area (Å²) in [6.45, 7) is 2.47. The van der Waals surface area contributed by atoms with Crippen molar-refractivity contribution >= 4 is 29.0 Å². The second-order valence-corrected chi connectivity index (χ2v) is 9.42. The molecular formula is C24H20N6O2S2. The summed E-state index contributed by atoms with van der Waals surface area (Å²) in [5.41, 5.74) is 3.14. The third kappa shape index (κ3) is 4.92. The molecule has 0 radical (unpaired) electrons. The molecule has 0 fully saturated rings. The Hall–Kier alpha value is -3.76. The number of aryl methyl sites for hydroxylation is 1. The highest BCUT2D eigenvalue weighted by Crippen LogP contribution is 2.30. The number of nitrogens with one attached hydrogen (secondary N) is 1. The van der Waals surface area contributed by atoms with Gasteiger partial charge in [-0.3, -0.25) is 9.36 Å². The van der Waals surface area contributed by atoms with Crippen LogP contribution in [-0.4, -0.2) is 30.9 Å². The maximum atomic E-state index is 12.5. The van der Waals surface area contributed by atoms with Gasteiger partial charge in [0.2, 0.25) is 10.8 Å². The molecule has 3 aromatic heterocycles. The first-order chi connectivity index (χ1) is 16.7. The SMILES string of the molecule is Cc1ccc(CNC(=O)c2nnc(CSc3nnc(-c4ccco4)n3-c3ccccc3)s2)cc1. The Kier molecular flexibility index (Phi) is 6.50. The van der Waals surface area contributed by atoms with Crippen LogP contribution in [0.1, 0.15) is 25.9 Å². The summed E-state index contributed by atoms with van der Waals surface area (Å²) in [6.07, 6.45) is 1.61. The van der Waals surface area contributed by atoms with Crippen molar-refractivity contribution < 1.29 is 9.21 Å². The minimum Gasteiger partial charge on any atom is -0.461 e. The number of benzene rings is 2. The molecule has 1 amide bonds. The molecule has 0 aliphatic carbocycles. The van der Waals surface area contributed by atoms with E-state index < -0.39 is 0 Å². The zero-order valence-corrected chi connectivity index (χ0v) is 19.8. The zero-order valence-electron chi connectivity index (χ0n) is 18.2. The lowest BCUT2D eigenvalue weighted by Crippen LogP contribution is -2.22. The molecule has 0 aliphatic heterocycles. The molecule has 5 rings (SSSR count). The average molecular weight is 489 g/mol. The highest BCUT2D eigenvalue weighted by Gasteiger charge is 2.19. The van der Waals surface area contributed by atoms with E-state index in [1.165, 1.54) is 28.7 Å². The van der Waals surface area contributed by atoms with Crippen molar-refractivity contribution in [3.63, 3.8) is 0 Å². The van der Waals surface area contributed by atoms with E-state index in [-0.39, 0.29) is 5.91 Å². The first-order valence-electron chi connectivity index (χ1n) is 10.5. The van der Waals surface area contributed by atoms with Crippen molar-refractivity contribution in [2.24, 2.45) is 0 Å². The third-order valence-electron chi connectivity index (χ3n) is 4.95. The summed E-state index contributed by atoms with van der Waals surface area (Å²) in [6, 6.07) is 21.6. The van der Waals surface area contributed by atoms with Gasteiger partial charge in [0.15, 0.2) is 10.9 Å². The molecule has 170 valence electrons. The van der Waals surface area contributed by atoms with E-state index in [1.54, 1.807) is 6.26 Å². The van der Waals surface area contributed by atoms with Crippen LogP contribution in [0, 0.1) is 6.92 Å². The van der Waals surface area contributed by atoms with Gasteiger partial charge in [0.1, 0.15) is 5.01 Å². The lowest BCUT2D eigenvalue weighted by atomic mass is 10.1. The molecule has 0 saturated heterocycles. The van der Waals surface area contributed by atoms with E-state index in [9.17, 15) is 4.79 Å². The van der Waals surface area contributed by atoms with Gasteiger partial charge in [0.25, 0.3) is 5.91 Å². The molecule has 5 aromatic rings. The Morgan fingerprint density at radius 2 is 1.82 bits per heavy atom. The topological polar surface area (TPSA) is 98.7 Å². The summed E-state index contributed by atoms with van der Waals surface area (Å²) < 4.78 is 7.50. The van der Waals surface area contributed by atoms with E-state index in [0.29, 0.717) is 34.0 Å². The van der Waals surface area contributed by atoms with Crippen molar-refractivity contribution in [3.05, 3.63) is 94.1 Å². The van der Waals surface area contributed by atoms with Crippen LogP contribution in [-0.2, 0) is 12.3 Å². The van der Waals surface area contributed by atoms with Crippen LogP contribution >= 0.6 is 23.1 Å². The van der Waals surface area contributed by atoms with Gasteiger partial charge in [0.05, 0.1) is 12.0 Å². The quantitative estimate of drug-likeness (QED) is 0.310. The number of carbonyl (C=O) groups is 1. The van der Waals surface area contributed by atoms with E-state index in [0.717, 1.165) is 16.3 Å². The lowest BCUT2D eigenvalue weighted by Gasteiger charge is -2.08. The van der Waals surface area contributed by atoms with E-state index in [2.05, 4.69) is 25.7 Å². The van der Waals surface area contributed by atoms with Gasteiger partial charge in [-0.25, -0.2) is 0 Å². The summed E-state index contributed by atoms with van der Waals surface area (Å²) in [7, 11) is 0. The van der Waals surface area contributed by atoms with Crippen LogP contribution in [0.5, 0.6) is 0 Å². The predicted molar refractivity (Wildman–Crippen MR) is 131 cm³/mol. The fourth-order valence-corrected chi connectivity index (χ4v) is 4.93. The Morgan fingerprint density at radius 1 is 1.00 bits per heavy atom. The Bertz CT molecular complexity index is 1380. The first-order valence-corrected chi connectivity index (χ1v) is 12.3. The number of hydrogen-bond acceptors (Lipinski definition) is 8. The number of thioether (sulfide) groups is 1. The summed E-state index contributed by atoms with van der Waals surface area (Å²) in [4.78, 5) is 12.5. The number of para-hydroxylation sites is 1. The molecule has 0 atom stereocenters. The van der Waals surface area contributed by atoms with Crippen LogP contribution in [0.4, 0.5) is 0 Å². The Morgan fingerprint density at radius 3 is 2.59 bits per heavy atom. The van der Waals surface area contributed by atoms with Gasteiger partial charge in [-0.1, -0.05) is 71.1 Å². The van der Waals surface area contributed by atoms with Crippen LogP contribution < -0.4 is 5.32 Å². The first kappa shape index (κ1) is 22.1. The number of nitrogens with zero attached hydrogens (tertiary/aromatic N) is 5. The lowest BCUT2D eigenvalue weighted by molar-refractivity contribution is 0.0950. The van der Waals surface area contributed by atoms with Crippen molar-refractivity contribution in [1.82, 2.24) is 30.3 Å². The Labute approximate surface area is 204 Å². The summed E-state index contributed by atoms with van der Waals surface area (Å²) in [5, 5.41) is 21.6. The van der Waals surface area contributed by atoms with Crippen molar-refractivity contribution in [3.8, 4) is 17.3 Å². The average Bonchev–Trinajstić information content (AvgIpc) is 3.63. The molecular weight excluding hydrogens is 468 g/mol. The largest absolute Gasteiger partial charge is 0.461 e. The van der Waals surface area contributed by atoms with Crippen molar-refractivity contribution in [1.29, 1.82) is 0 Å². The fraction of sp³-hybridized carbons (Fsp3) is 0.125. The minimum absolute atomic E-state index is 0.234. The zero-order chi connectivity index (χ0) is 23.3. The molecule has 0 bridgehead atoms. The predicted octanol–water partition coefficient (Wildman–Crippen LogP) is 4.91. The van der Waals surface area contributed by atoms with Gasteiger partial charge < -0.3 is 9.73 Å². The van der Waals surface area contributed by atoms with Gasteiger partial charge in [-0.05, 0) is 36.8 Å². The van der Waals surface area contributed by atoms with Crippen LogP contribution in [0.2, 0.25) is 0 Å². The van der Waals surface area contributed by atoms with Gasteiger partial charge >= 0.3 is 0 Å². The molecule has 10 heteroatoms. The van der Waals surface area contributed by atoms with Crippen LogP contribution in [0.3, 0.4) is 0 Å². The number of hydrogen-bond donors (Lipinski definition) is 1. The number of carbonyl (C=O) groups excluding carboxylic acids is 1. The maximum absolute atomic E-state index is 12.5. The van der Waals surface area contributed by atoms with Gasteiger partial charge in [-0.2, -0.15) is 0 Å². The highest BCUT2D eigenvalue weighted by molar-refractivity contribution is 7.98. The van der Waals surface area contributed by atoms with E-state index in [4.69, 9.17) is 4.42 Å². The van der Waals surface area contributed by atoms with Crippen molar-refractivity contribution in [2.45, 2.75) is 24.4 Å². The normalized spacial score (nSPS) is 11.0. The monoisotopic (exact) mass is 488 g/mol. The molecule has 0 unspecified atom stereocenters. The molecule has 0 aliphatic rings. The molecule has 3 heterocycles. The second-order valence-electron chi connectivity index (χ2n) is 7.41. The molecule has 0 spiro atoms. The molecule has 1 N–H and O–H groups in total. The van der Waals surface area contributed by atoms with Gasteiger partial charge in [0, 0.05) is 12.2 Å². The van der Waals surface area contributed by atoms with Gasteiger partial charge in [-0.15, -0.1) is 20.4 Å². The number of furan rings is 1. The third-order valence-corrected chi connectivity index (χ3v) is 6.99. The van der Waals surface area contributed by atoms with Crippen molar-refractivity contribution in [2.75, 3.05) is 0 Å². The maximum Gasteiger partial charge on any atom is 0.282 e. The second kappa shape index (κ2) is 10.0. The molecule has 0 saturated carbocycles. The summed E-state index contributed by atoms with van der Waals surface area (Å²) >= 11 is 2.75. The molecule has 8 nitrogen and oxygen atoms in total.